The lowest BCUT2D eigenvalue weighted by Crippen LogP contribution is -2.63. The molecule has 4 heteroatoms. The third-order valence-electron chi connectivity index (χ3n) is 10.0. The molecule has 154 valence electrons. The maximum atomic E-state index is 11.0. The smallest absolute Gasteiger partial charge is 0.328 e. The molecule has 5 aliphatic rings. The average molecular weight is 387 g/mol. The maximum Gasteiger partial charge on any atom is 0.328 e. The molecule has 0 saturated heterocycles. The monoisotopic (exact) mass is 386 g/mol. The van der Waals surface area contributed by atoms with Crippen LogP contribution in [0, 0.1) is 34.5 Å². The summed E-state index contributed by atoms with van der Waals surface area (Å²) in [6.07, 6.45) is 15.0. The molecule has 4 saturated carbocycles. The Hall–Kier alpha value is -1.29. The molecule has 8 atom stereocenters. The summed E-state index contributed by atoms with van der Waals surface area (Å²) in [4.78, 5) is 11.0. The Morgan fingerprint density at radius 3 is 2.71 bits per heavy atom. The van der Waals surface area contributed by atoms with E-state index in [-0.39, 0.29) is 17.1 Å². The van der Waals surface area contributed by atoms with Gasteiger partial charge < -0.3 is 14.9 Å². The first-order valence-electron chi connectivity index (χ1n) is 11.3. The minimum Gasteiger partial charge on any atom is -0.494 e. The molecule has 4 nitrogen and oxygen atoms in total. The highest BCUT2D eigenvalue weighted by Crippen LogP contribution is 2.72. The number of aliphatic hydroxyl groups is 1. The molecule has 0 aromatic carbocycles. The molecule has 28 heavy (non-hydrogen) atoms. The van der Waals surface area contributed by atoms with Gasteiger partial charge in [0.05, 0.1) is 12.4 Å². The number of rotatable bonds is 2. The van der Waals surface area contributed by atoms with Crippen molar-refractivity contribution < 1.29 is 19.7 Å². The fraction of sp³-hybridized carbons (Fsp3) is 0.792. The van der Waals surface area contributed by atoms with Gasteiger partial charge in [-0.2, -0.15) is 0 Å². The van der Waals surface area contributed by atoms with Gasteiger partial charge in [0, 0.05) is 17.4 Å². The molecule has 1 aliphatic heterocycles. The van der Waals surface area contributed by atoms with Crippen molar-refractivity contribution in [1.29, 1.82) is 0 Å². The number of aliphatic hydroxyl groups excluding tert-OH is 1. The van der Waals surface area contributed by atoms with Crippen LogP contribution in [-0.2, 0) is 9.53 Å². The van der Waals surface area contributed by atoms with E-state index < -0.39 is 5.97 Å². The van der Waals surface area contributed by atoms with E-state index in [2.05, 4.69) is 13.8 Å². The second kappa shape index (κ2) is 6.10. The van der Waals surface area contributed by atoms with Crippen molar-refractivity contribution in [3.05, 3.63) is 24.0 Å². The Morgan fingerprint density at radius 1 is 1.11 bits per heavy atom. The van der Waals surface area contributed by atoms with Gasteiger partial charge in [0.1, 0.15) is 5.60 Å². The van der Waals surface area contributed by atoms with Crippen molar-refractivity contribution in [1.82, 2.24) is 0 Å². The Morgan fingerprint density at radius 2 is 1.93 bits per heavy atom. The first kappa shape index (κ1) is 18.7. The molecule has 0 aromatic rings. The van der Waals surface area contributed by atoms with Crippen molar-refractivity contribution in [2.24, 2.45) is 34.5 Å². The Kier molecular flexibility index (Phi) is 4.08. The summed E-state index contributed by atoms with van der Waals surface area (Å²) in [5.74, 6) is 1.46. The lowest BCUT2D eigenvalue weighted by Gasteiger charge is -2.65. The van der Waals surface area contributed by atoms with Crippen LogP contribution in [0.2, 0.25) is 0 Å². The van der Waals surface area contributed by atoms with Gasteiger partial charge in [-0.25, -0.2) is 4.79 Å². The Labute approximate surface area is 168 Å². The van der Waals surface area contributed by atoms with Gasteiger partial charge in [-0.1, -0.05) is 13.8 Å². The highest BCUT2D eigenvalue weighted by Gasteiger charge is 2.70. The second-order valence-corrected chi connectivity index (χ2v) is 10.8. The lowest BCUT2D eigenvalue weighted by molar-refractivity contribution is -0.217. The minimum atomic E-state index is -0.893. The van der Waals surface area contributed by atoms with E-state index in [1.807, 2.05) is 6.26 Å². The zero-order valence-corrected chi connectivity index (χ0v) is 17.2. The normalized spacial score (nSPS) is 52.2. The Balaban J connectivity index is 1.49. The van der Waals surface area contributed by atoms with Crippen molar-refractivity contribution >= 4 is 5.97 Å². The molecule has 2 bridgehead atoms. The molecule has 1 heterocycles. The van der Waals surface area contributed by atoms with Gasteiger partial charge in [-0.05, 0) is 92.6 Å². The summed E-state index contributed by atoms with van der Waals surface area (Å²) in [7, 11) is 0. The summed E-state index contributed by atoms with van der Waals surface area (Å²) in [5.41, 5.74) is 1.44. The highest BCUT2D eigenvalue weighted by molar-refractivity contribution is 5.80. The standard InChI is InChI=1S/C24H34O4/c1-22-10-7-17(25)13-16(22)4-5-20-19(22)8-11-23(2)18-9-12-24(20,23)28-14-15(18)3-6-21(26)27/h3,6,14,16-20,25H,4-5,7-13H2,1-2H3,(H,26,27)/b6-3+/t16-,17?,18-,19+,20-,22-,23-,24+/m1/s1. The first-order chi connectivity index (χ1) is 13.3. The van der Waals surface area contributed by atoms with E-state index in [0.717, 1.165) is 37.7 Å². The quantitative estimate of drug-likeness (QED) is 0.676. The second-order valence-electron chi connectivity index (χ2n) is 10.8. The number of carboxylic acid groups (broad SMARTS) is 1. The number of hydrogen-bond acceptors (Lipinski definition) is 3. The molecule has 2 N–H and O–H groups in total. The zero-order chi connectivity index (χ0) is 19.7. The van der Waals surface area contributed by atoms with Gasteiger partial charge in [0.25, 0.3) is 0 Å². The van der Waals surface area contributed by atoms with Gasteiger partial charge in [-0.15, -0.1) is 0 Å². The summed E-state index contributed by atoms with van der Waals surface area (Å²) >= 11 is 0. The van der Waals surface area contributed by atoms with E-state index in [9.17, 15) is 9.90 Å². The number of hydrogen-bond donors (Lipinski definition) is 2. The number of aliphatic carboxylic acids is 1. The molecule has 0 aromatic heterocycles. The summed E-state index contributed by atoms with van der Waals surface area (Å²) in [5, 5.41) is 19.3. The summed E-state index contributed by atoms with van der Waals surface area (Å²) < 4.78 is 6.67. The van der Waals surface area contributed by atoms with E-state index in [0.29, 0.717) is 29.1 Å². The van der Waals surface area contributed by atoms with Crippen LogP contribution >= 0.6 is 0 Å². The van der Waals surface area contributed by atoms with Gasteiger partial charge in [0.15, 0.2) is 0 Å². The molecule has 1 unspecified atom stereocenters. The molecule has 0 amide bonds. The van der Waals surface area contributed by atoms with Gasteiger partial charge in [-0.3, -0.25) is 0 Å². The van der Waals surface area contributed by atoms with Crippen LogP contribution in [0.4, 0.5) is 0 Å². The number of allylic oxidation sites excluding steroid dienone is 2. The molecule has 4 aliphatic carbocycles. The fourth-order valence-corrected chi connectivity index (χ4v) is 8.57. The predicted octanol–water partition coefficient (Wildman–Crippen LogP) is 4.68. The third-order valence-corrected chi connectivity index (χ3v) is 10.0. The van der Waals surface area contributed by atoms with E-state index >= 15 is 0 Å². The SMILES string of the molecule is C[C@@]12CCC(O)C[C@H]1CC[C@@H]1[C@@H]2CC[C@]2(C)[C@@H]3CC[C@]12OC=C3/C=C/C(=O)O. The lowest BCUT2D eigenvalue weighted by atomic mass is 9.43. The topological polar surface area (TPSA) is 66.8 Å². The molecule has 4 fully saturated rings. The maximum absolute atomic E-state index is 11.0. The highest BCUT2D eigenvalue weighted by atomic mass is 16.5. The fourth-order valence-electron chi connectivity index (χ4n) is 8.57. The van der Waals surface area contributed by atoms with Crippen LogP contribution in [0.5, 0.6) is 0 Å². The van der Waals surface area contributed by atoms with Crippen LogP contribution in [0.15, 0.2) is 24.0 Å². The molecule has 0 radical (unpaired) electrons. The van der Waals surface area contributed by atoms with Crippen LogP contribution in [-0.4, -0.2) is 27.9 Å². The van der Waals surface area contributed by atoms with Gasteiger partial charge >= 0.3 is 5.97 Å². The van der Waals surface area contributed by atoms with Crippen molar-refractivity contribution in [2.75, 3.05) is 0 Å². The summed E-state index contributed by atoms with van der Waals surface area (Å²) in [6.45, 7) is 4.92. The largest absolute Gasteiger partial charge is 0.494 e. The Bertz CT molecular complexity index is 741. The number of fused-ring (bicyclic) bond motifs is 3. The van der Waals surface area contributed by atoms with Crippen molar-refractivity contribution in [3.8, 4) is 0 Å². The number of carbonyl (C=O) groups is 1. The van der Waals surface area contributed by atoms with Crippen molar-refractivity contribution in [3.63, 3.8) is 0 Å². The van der Waals surface area contributed by atoms with E-state index in [1.165, 1.54) is 31.8 Å². The van der Waals surface area contributed by atoms with Crippen LogP contribution in [0.3, 0.4) is 0 Å². The first-order valence-corrected chi connectivity index (χ1v) is 11.3. The predicted molar refractivity (Wildman–Crippen MR) is 106 cm³/mol. The minimum absolute atomic E-state index is 0.0782. The summed E-state index contributed by atoms with van der Waals surface area (Å²) in [6, 6.07) is 0. The zero-order valence-electron chi connectivity index (χ0n) is 17.2. The van der Waals surface area contributed by atoms with E-state index in [1.54, 1.807) is 6.08 Å². The average Bonchev–Trinajstić information content (AvgIpc) is 2.82. The van der Waals surface area contributed by atoms with Crippen LogP contribution in [0.25, 0.3) is 0 Å². The molecular weight excluding hydrogens is 352 g/mol. The molecular formula is C24H34O4. The van der Waals surface area contributed by atoms with Crippen LogP contribution < -0.4 is 0 Å². The molecule has 0 spiro atoms. The van der Waals surface area contributed by atoms with E-state index in [4.69, 9.17) is 9.84 Å². The number of ether oxygens (including phenoxy) is 1. The van der Waals surface area contributed by atoms with Crippen LogP contribution in [0.1, 0.15) is 71.6 Å². The third kappa shape index (κ3) is 2.30. The number of carboxylic acids is 1. The molecule has 5 rings (SSSR count). The van der Waals surface area contributed by atoms with Gasteiger partial charge in [0.2, 0.25) is 0 Å². The van der Waals surface area contributed by atoms with Crippen molar-refractivity contribution in [2.45, 2.75) is 83.3 Å².